The number of hydrogen-bond donors (Lipinski definition) is 1. The van der Waals surface area contributed by atoms with Gasteiger partial charge in [0.25, 0.3) is 0 Å². The van der Waals surface area contributed by atoms with Crippen LogP contribution in [-0.4, -0.2) is 23.5 Å². The summed E-state index contributed by atoms with van der Waals surface area (Å²) >= 11 is 0. The fourth-order valence-corrected chi connectivity index (χ4v) is 2.36. The number of furan rings is 1. The summed E-state index contributed by atoms with van der Waals surface area (Å²) in [5, 5.41) is 3.51. The molecule has 1 N–H and O–H groups in total. The molecule has 18 heavy (non-hydrogen) atoms. The Balaban J connectivity index is 1.93. The van der Waals surface area contributed by atoms with Crippen LogP contribution in [0, 0.1) is 6.92 Å². The molecule has 1 aromatic rings. The average molecular weight is 250 g/mol. The van der Waals surface area contributed by atoms with Crippen molar-refractivity contribution in [3.8, 4) is 0 Å². The molecule has 0 radical (unpaired) electrons. The molecule has 3 heteroatoms. The molecule has 1 aromatic heterocycles. The summed E-state index contributed by atoms with van der Waals surface area (Å²) in [5.41, 5.74) is 1.44. The third-order valence-corrected chi connectivity index (χ3v) is 3.46. The molecule has 0 spiro atoms. The van der Waals surface area contributed by atoms with Crippen molar-refractivity contribution in [2.45, 2.75) is 59.2 Å². The first-order valence-electron chi connectivity index (χ1n) is 6.99. The Morgan fingerprint density at radius 1 is 1.28 bits per heavy atom. The Bertz CT molecular complexity index is 384. The van der Waals surface area contributed by atoms with Crippen LogP contribution in [0.25, 0.3) is 0 Å². The van der Waals surface area contributed by atoms with Gasteiger partial charge in [-0.25, -0.2) is 0 Å². The molecule has 0 unspecified atom stereocenters. The van der Waals surface area contributed by atoms with Gasteiger partial charge in [-0.15, -0.1) is 0 Å². The van der Waals surface area contributed by atoms with Gasteiger partial charge in [-0.3, -0.25) is 4.90 Å². The SMILES string of the molecule is Cc1oc(CN2CCCC2)cc1CNC(C)(C)C. The third-order valence-electron chi connectivity index (χ3n) is 3.46. The predicted octanol–water partition coefficient (Wildman–Crippen LogP) is 3.07. The minimum Gasteiger partial charge on any atom is -0.465 e. The van der Waals surface area contributed by atoms with Gasteiger partial charge >= 0.3 is 0 Å². The molecule has 1 fully saturated rings. The van der Waals surface area contributed by atoms with E-state index >= 15 is 0 Å². The van der Waals surface area contributed by atoms with Gasteiger partial charge in [0.05, 0.1) is 6.54 Å². The Hall–Kier alpha value is -0.800. The summed E-state index contributed by atoms with van der Waals surface area (Å²) in [6.45, 7) is 12.9. The summed E-state index contributed by atoms with van der Waals surface area (Å²) in [5.74, 6) is 2.17. The second-order valence-corrected chi connectivity index (χ2v) is 6.38. The molecule has 2 heterocycles. The number of aryl methyl sites for hydroxylation is 1. The van der Waals surface area contributed by atoms with Gasteiger partial charge in [0.1, 0.15) is 11.5 Å². The van der Waals surface area contributed by atoms with E-state index in [2.05, 4.69) is 44.0 Å². The van der Waals surface area contributed by atoms with Crippen LogP contribution in [-0.2, 0) is 13.1 Å². The van der Waals surface area contributed by atoms with E-state index in [-0.39, 0.29) is 5.54 Å². The smallest absolute Gasteiger partial charge is 0.118 e. The van der Waals surface area contributed by atoms with Crippen molar-refractivity contribution < 1.29 is 4.42 Å². The number of nitrogens with zero attached hydrogens (tertiary/aromatic N) is 1. The van der Waals surface area contributed by atoms with Crippen LogP contribution in [0.4, 0.5) is 0 Å². The van der Waals surface area contributed by atoms with Crippen molar-refractivity contribution >= 4 is 0 Å². The molecule has 0 aromatic carbocycles. The molecule has 1 saturated heterocycles. The van der Waals surface area contributed by atoms with E-state index in [1.54, 1.807) is 0 Å². The highest BCUT2D eigenvalue weighted by Crippen LogP contribution is 2.19. The summed E-state index contributed by atoms with van der Waals surface area (Å²) in [7, 11) is 0. The average Bonchev–Trinajstić information content (AvgIpc) is 2.85. The molecular formula is C15H26N2O. The van der Waals surface area contributed by atoms with Crippen molar-refractivity contribution in [1.82, 2.24) is 10.2 Å². The highest BCUT2D eigenvalue weighted by atomic mass is 16.3. The van der Waals surface area contributed by atoms with Crippen molar-refractivity contribution in [1.29, 1.82) is 0 Å². The summed E-state index contributed by atoms with van der Waals surface area (Å²) < 4.78 is 5.86. The summed E-state index contributed by atoms with van der Waals surface area (Å²) in [6.07, 6.45) is 2.66. The number of nitrogens with one attached hydrogen (secondary N) is 1. The Labute approximate surface area is 111 Å². The van der Waals surface area contributed by atoms with E-state index in [0.717, 1.165) is 24.6 Å². The van der Waals surface area contributed by atoms with E-state index in [1.165, 1.54) is 31.5 Å². The van der Waals surface area contributed by atoms with E-state index in [0.29, 0.717) is 0 Å². The lowest BCUT2D eigenvalue weighted by Crippen LogP contribution is -2.35. The third kappa shape index (κ3) is 3.85. The quantitative estimate of drug-likeness (QED) is 0.890. The number of hydrogen-bond acceptors (Lipinski definition) is 3. The van der Waals surface area contributed by atoms with Gasteiger partial charge in [0.15, 0.2) is 0 Å². The van der Waals surface area contributed by atoms with Crippen molar-refractivity contribution in [3.63, 3.8) is 0 Å². The largest absolute Gasteiger partial charge is 0.465 e. The minimum atomic E-state index is 0.152. The summed E-state index contributed by atoms with van der Waals surface area (Å²) in [4.78, 5) is 2.47. The maximum absolute atomic E-state index is 5.86. The van der Waals surface area contributed by atoms with Crippen molar-refractivity contribution in [3.05, 3.63) is 23.2 Å². The van der Waals surface area contributed by atoms with Gasteiger partial charge in [0, 0.05) is 17.6 Å². The van der Waals surface area contributed by atoms with E-state index in [9.17, 15) is 0 Å². The molecule has 0 aliphatic carbocycles. The first kappa shape index (κ1) is 13.6. The maximum atomic E-state index is 5.86. The van der Waals surface area contributed by atoms with Gasteiger partial charge in [-0.2, -0.15) is 0 Å². The monoisotopic (exact) mass is 250 g/mol. The minimum absolute atomic E-state index is 0.152. The lowest BCUT2D eigenvalue weighted by Gasteiger charge is -2.20. The van der Waals surface area contributed by atoms with Gasteiger partial charge in [0.2, 0.25) is 0 Å². The molecule has 0 bridgehead atoms. The Kier molecular flexibility index (Phi) is 4.13. The van der Waals surface area contributed by atoms with Crippen LogP contribution >= 0.6 is 0 Å². The number of likely N-dealkylation sites (tertiary alicyclic amines) is 1. The lowest BCUT2D eigenvalue weighted by molar-refractivity contribution is 0.294. The van der Waals surface area contributed by atoms with E-state index in [4.69, 9.17) is 4.42 Å². The zero-order valence-electron chi connectivity index (χ0n) is 12.2. The molecule has 102 valence electrons. The molecule has 0 saturated carbocycles. The molecule has 0 amide bonds. The number of rotatable bonds is 4. The molecule has 1 aliphatic heterocycles. The summed E-state index contributed by atoms with van der Waals surface area (Å²) in [6, 6.07) is 2.21. The van der Waals surface area contributed by atoms with E-state index < -0.39 is 0 Å². The maximum Gasteiger partial charge on any atom is 0.118 e. The van der Waals surface area contributed by atoms with Crippen molar-refractivity contribution in [2.24, 2.45) is 0 Å². The molecular weight excluding hydrogens is 224 g/mol. The standard InChI is InChI=1S/C15H26N2O/c1-12-13(10-16-15(2,3)4)9-14(18-12)11-17-7-5-6-8-17/h9,16H,5-8,10-11H2,1-4H3. The zero-order chi connectivity index (χ0) is 13.2. The molecule has 2 rings (SSSR count). The topological polar surface area (TPSA) is 28.4 Å². The Morgan fingerprint density at radius 3 is 2.56 bits per heavy atom. The fraction of sp³-hybridized carbons (Fsp3) is 0.733. The van der Waals surface area contributed by atoms with Crippen LogP contribution in [0.3, 0.4) is 0 Å². The van der Waals surface area contributed by atoms with Gasteiger partial charge in [-0.1, -0.05) is 0 Å². The second kappa shape index (κ2) is 5.45. The predicted molar refractivity (Wildman–Crippen MR) is 74.5 cm³/mol. The highest BCUT2D eigenvalue weighted by molar-refractivity contribution is 5.21. The first-order chi connectivity index (χ1) is 8.44. The van der Waals surface area contributed by atoms with Crippen LogP contribution in [0.2, 0.25) is 0 Å². The highest BCUT2D eigenvalue weighted by Gasteiger charge is 2.16. The van der Waals surface area contributed by atoms with Gasteiger partial charge < -0.3 is 9.73 Å². The zero-order valence-corrected chi connectivity index (χ0v) is 12.2. The van der Waals surface area contributed by atoms with Crippen LogP contribution in [0.15, 0.2) is 10.5 Å². The lowest BCUT2D eigenvalue weighted by atomic mass is 10.1. The fourth-order valence-electron chi connectivity index (χ4n) is 2.36. The molecule has 3 nitrogen and oxygen atoms in total. The molecule has 0 atom stereocenters. The van der Waals surface area contributed by atoms with Crippen molar-refractivity contribution in [2.75, 3.05) is 13.1 Å². The molecule has 1 aliphatic rings. The Morgan fingerprint density at radius 2 is 1.94 bits per heavy atom. The normalized spacial score (nSPS) is 17.6. The second-order valence-electron chi connectivity index (χ2n) is 6.38. The van der Waals surface area contributed by atoms with Crippen LogP contribution < -0.4 is 5.32 Å². The van der Waals surface area contributed by atoms with Crippen LogP contribution in [0.5, 0.6) is 0 Å². The van der Waals surface area contributed by atoms with E-state index in [1.807, 2.05) is 0 Å². The van der Waals surface area contributed by atoms with Gasteiger partial charge in [-0.05, 0) is 59.7 Å². The van der Waals surface area contributed by atoms with Crippen LogP contribution in [0.1, 0.15) is 50.7 Å². The first-order valence-corrected chi connectivity index (χ1v) is 6.99.